The summed E-state index contributed by atoms with van der Waals surface area (Å²) in [6.07, 6.45) is 0.822. The summed E-state index contributed by atoms with van der Waals surface area (Å²) in [6.45, 7) is 1.35. The van der Waals surface area contributed by atoms with E-state index in [0.29, 0.717) is 19.5 Å². The summed E-state index contributed by atoms with van der Waals surface area (Å²) >= 11 is 0. The van der Waals surface area contributed by atoms with Gasteiger partial charge in [0.1, 0.15) is 5.75 Å². The largest absolute Gasteiger partial charge is 0.496 e. The van der Waals surface area contributed by atoms with Crippen molar-refractivity contribution in [2.24, 2.45) is 0 Å². The highest BCUT2D eigenvalue weighted by molar-refractivity contribution is 5.87. The van der Waals surface area contributed by atoms with Crippen LogP contribution in [0.15, 0.2) is 36.4 Å². The minimum atomic E-state index is -0.755. The van der Waals surface area contributed by atoms with E-state index in [-0.39, 0.29) is 6.42 Å². The fourth-order valence-corrected chi connectivity index (χ4v) is 2.27. The molecule has 4 heteroatoms. The van der Waals surface area contributed by atoms with Crippen LogP contribution in [0.25, 0.3) is 10.8 Å². The summed E-state index contributed by atoms with van der Waals surface area (Å²) in [6, 6.07) is 12.2. The molecule has 0 saturated heterocycles. The Bertz CT molecular complexity index is 595. The highest BCUT2D eigenvalue weighted by Gasteiger charge is 2.07. The van der Waals surface area contributed by atoms with Gasteiger partial charge in [-0.25, -0.2) is 0 Å². The summed E-state index contributed by atoms with van der Waals surface area (Å²) < 4.78 is 5.41. The van der Waals surface area contributed by atoms with Crippen molar-refractivity contribution in [3.63, 3.8) is 0 Å². The molecular weight excluding hydrogens is 254 g/mol. The molecule has 0 amide bonds. The maximum Gasteiger partial charge on any atom is 0.303 e. The average molecular weight is 273 g/mol. The standard InChI is InChI=1S/C16H19NO3/c1-20-15-9-8-12-5-2-3-6-13(12)14(15)11-17-10-4-7-16(18)19/h2-3,5-6,8-9,17H,4,7,10-11H2,1H3,(H,18,19). The molecule has 0 aliphatic carbocycles. The second-order valence-electron chi connectivity index (χ2n) is 4.64. The van der Waals surface area contributed by atoms with Crippen molar-refractivity contribution in [1.82, 2.24) is 5.32 Å². The third kappa shape index (κ3) is 3.48. The number of methoxy groups -OCH3 is 1. The second-order valence-corrected chi connectivity index (χ2v) is 4.64. The predicted octanol–water partition coefficient (Wildman–Crippen LogP) is 2.80. The summed E-state index contributed by atoms with van der Waals surface area (Å²) in [5, 5.41) is 14.2. The van der Waals surface area contributed by atoms with E-state index in [1.807, 2.05) is 24.3 Å². The van der Waals surface area contributed by atoms with Gasteiger partial charge in [-0.3, -0.25) is 4.79 Å². The van der Waals surface area contributed by atoms with Gasteiger partial charge in [0.25, 0.3) is 0 Å². The van der Waals surface area contributed by atoms with Gasteiger partial charge >= 0.3 is 5.97 Å². The van der Waals surface area contributed by atoms with Crippen LogP contribution in [0.3, 0.4) is 0 Å². The number of carboxylic acid groups (broad SMARTS) is 1. The van der Waals surface area contributed by atoms with Crippen LogP contribution in [0.5, 0.6) is 5.75 Å². The number of ether oxygens (including phenoxy) is 1. The van der Waals surface area contributed by atoms with Crippen LogP contribution < -0.4 is 10.1 Å². The molecule has 0 saturated carbocycles. The Kier molecular flexibility index (Phi) is 4.96. The molecule has 2 aromatic rings. The molecule has 4 nitrogen and oxygen atoms in total. The highest BCUT2D eigenvalue weighted by Crippen LogP contribution is 2.27. The molecule has 0 spiro atoms. The Labute approximate surface area is 118 Å². The second kappa shape index (κ2) is 6.91. The van der Waals surface area contributed by atoms with Gasteiger partial charge in [0.15, 0.2) is 0 Å². The Morgan fingerprint density at radius 1 is 1.25 bits per heavy atom. The SMILES string of the molecule is COc1ccc2ccccc2c1CNCCCC(=O)O. The molecule has 0 aliphatic rings. The van der Waals surface area contributed by atoms with Gasteiger partial charge in [0.2, 0.25) is 0 Å². The van der Waals surface area contributed by atoms with Crippen molar-refractivity contribution >= 4 is 16.7 Å². The number of fused-ring (bicyclic) bond motifs is 1. The zero-order valence-electron chi connectivity index (χ0n) is 11.6. The normalized spacial score (nSPS) is 10.7. The topological polar surface area (TPSA) is 58.6 Å². The lowest BCUT2D eigenvalue weighted by atomic mass is 10.0. The lowest BCUT2D eigenvalue weighted by molar-refractivity contribution is -0.137. The molecule has 20 heavy (non-hydrogen) atoms. The van der Waals surface area contributed by atoms with Crippen molar-refractivity contribution in [2.45, 2.75) is 19.4 Å². The van der Waals surface area contributed by atoms with Gasteiger partial charge in [-0.05, 0) is 29.8 Å². The van der Waals surface area contributed by atoms with Crippen LogP contribution in [0.4, 0.5) is 0 Å². The number of hydrogen-bond donors (Lipinski definition) is 2. The van der Waals surface area contributed by atoms with E-state index >= 15 is 0 Å². The average Bonchev–Trinajstić information content (AvgIpc) is 2.46. The minimum absolute atomic E-state index is 0.194. The van der Waals surface area contributed by atoms with Gasteiger partial charge in [-0.2, -0.15) is 0 Å². The third-order valence-corrected chi connectivity index (χ3v) is 3.26. The molecule has 2 aromatic carbocycles. The van der Waals surface area contributed by atoms with Gasteiger partial charge in [-0.15, -0.1) is 0 Å². The van der Waals surface area contributed by atoms with E-state index in [1.54, 1.807) is 7.11 Å². The minimum Gasteiger partial charge on any atom is -0.496 e. The van der Waals surface area contributed by atoms with Crippen LogP contribution in [-0.2, 0) is 11.3 Å². The number of rotatable bonds is 7. The summed E-state index contributed by atoms with van der Waals surface area (Å²) in [4.78, 5) is 10.5. The van der Waals surface area contributed by atoms with Crippen LogP contribution >= 0.6 is 0 Å². The third-order valence-electron chi connectivity index (χ3n) is 3.26. The maximum atomic E-state index is 10.5. The summed E-state index contributed by atoms with van der Waals surface area (Å²) in [5.74, 6) is 0.101. The first-order valence-corrected chi connectivity index (χ1v) is 6.69. The van der Waals surface area contributed by atoms with Crippen molar-refractivity contribution in [3.05, 3.63) is 42.0 Å². The van der Waals surface area contributed by atoms with Crippen molar-refractivity contribution in [3.8, 4) is 5.75 Å². The predicted molar refractivity (Wildman–Crippen MR) is 79.1 cm³/mol. The first-order chi connectivity index (χ1) is 9.72. The lowest BCUT2D eigenvalue weighted by Gasteiger charge is -2.12. The van der Waals surface area contributed by atoms with E-state index in [4.69, 9.17) is 9.84 Å². The molecule has 0 heterocycles. The quantitative estimate of drug-likeness (QED) is 0.762. The summed E-state index contributed by atoms with van der Waals surface area (Å²) in [7, 11) is 1.66. The maximum absolute atomic E-state index is 10.5. The summed E-state index contributed by atoms with van der Waals surface area (Å²) in [5.41, 5.74) is 1.11. The molecule has 0 aromatic heterocycles. The van der Waals surface area contributed by atoms with Crippen LogP contribution in [0.1, 0.15) is 18.4 Å². The van der Waals surface area contributed by atoms with E-state index in [2.05, 4.69) is 17.4 Å². The highest BCUT2D eigenvalue weighted by atomic mass is 16.5. The number of carbonyl (C=O) groups is 1. The van der Waals surface area contributed by atoms with Crippen molar-refractivity contribution in [2.75, 3.05) is 13.7 Å². The van der Waals surface area contributed by atoms with E-state index in [0.717, 1.165) is 16.7 Å². The Morgan fingerprint density at radius 2 is 2.05 bits per heavy atom. The zero-order valence-corrected chi connectivity index (χ0v) is 11.6. The van der Waals surface area contributed by atoms with Crippen LogP contribution in [0, 0.1) is 0 Å². The number of hydrogen-bond acceptors (Lipinski definition) is 3. The molecule has 0 aliphatic heterocycles. The smallest absolute Gasteiger partial charge is 0.303 e. The number of aliphatic carboxylic acids is 1. The van der Waals surface area contributed by atoms with Gasteiger partial charge in [0.05, 0.1) is 7.11 Å². The van der Waals surface area contributed by atoms with Crippen molar-refractivity contribution < 1.29 is 14.6 Å². The molecule has 0 radical (unpaired) electrons. The van der Waals surface area contributed by atoms with Gasteiger partial charge in [-0.1, -0.05) is 30.3 Å². The number of carboxylic acids is 1. The molecule has 106 valence electrons. The molecule has 0 bridgehead atoms. The Morgan fingerprint density at radius 3 is 2.80 bits per heavy atom. The van der Waals surface area contributed by atoms with Crippen molar-refractivity contribution in [1.29, 1.82) is 0 Å². The monoisotopic (exact) mass is 273 g/mol. The van der Waals surface area contributed by atoms with E-state index in [9.17, 15) is 4.79 Å². The van der Waals surface area contributed by atoms with Gasteiger partial charge < -0.3 is 15.2 Å². The molecule has 0 atom stereocenters. The number of benzene rings is 2. The molecule has 0 unspecified atom stereocenters. The van der Waals surface area contributed by atoms with Gasteiger partial charge in [0, 0.05) is 18.5 Å². The molecule has 0 fully saturated rings. The molecule has 2 N–H and O–H groups in total. The molecule has 2 rings (SSSR count). The van der Waals surface area contributed by atoms with E-state index in [1.165, 1.54) is 5.39 Å². The Balaban J connectivity index is 2.09. The Hall–Kier alpha value is -2.07. The fraction of sp³-hybridized carbons (Fsp3) is 0.312. The van der Waals surface area contributed by atoms with Crippen LogP contribution in [-0.4, -0.2) is 24.7 Å². The number of nitrogens with one attached hydrogen (secondary N) is 1. The van der Waals surface area contributed by atoms with E-state index < -0.39 is 5.97 Å². The zero-order chi connectivity index (χ0) is 14.4. The first kappa shape index (κ1) is 14.3. The first-order valence-electron chi connectivity index (χ1n) is 6.69. The van der Waals surface area contributed by atoms with Crippen LogP contribution in [0.2, 0.25) is 0 Å². The lowest BCUT2D eigenvalue weighted by Crippen LogP contribution is -2.16. The molecular formula is C16H19NO3. The fourth-order valence-electron chi connectivity index (χ4n) is 2.27.